The van der Waals surface area contributed by atoms with E-state index in [4.69, 9.17) is 4.42 Å². The van der Waals surface area contributed by atoms with Crippen LogP contribution in [0.1, 0.15) is 5.89 Å². The monoisotopic (exact) mass is 175 g/mol. The first-order chi connectivity index (χ1) is 6.25. The van der Waals surface area contributed by atoms with Crippen LogP contribution in [0.15, 0.2) is 34.9 Å². The molecule has 66 valence electrons. The molecule has 0 radical (unpaired) electrons. The van der Waals surface area contributed by atoms with Gasteiger partial charge in [0.05, 0.1) is 6.20 Å². The molecule has 0 saturated carbocycles. The van der Waals surface area contributed by atoms with Crippen LogP contribution in [0.5, 0.6) is 5.75 Å². The van der Waals surface area contributed by atoms with Gasteiger partial charge in [0.15, 0.2) is 11.7 Å². The van der Waals surface area contributed by atoms with Crippen LogP contribution >= 0.6 is 0 Å². The van der Waals surface area contributed by atoms with Gasteiger partial charge in [0.1, 0.15) is 5.75 Å². The summed E-state index contributed by atoms with van der Waals surface area (Å²) in [6.45, 7) is 1.78. The maximum Gasteiger partial charge on any atom is 0.191 e. The second-order valence-corrected chi connectivity index (χ2v) is 2.79. The number of hydrogen-bond acceptors (Lipinski definition) is 3. The third-order valence-electron chi connectivity index (χ3n) is 1.75. The predicted octanol–water partition coefficient (Wildman–Crippen LogP) is 2.36. The van der Waals surface area contributed by atoms with Gasteiger partial charge in [0, 0.05) is 12.5 Å². The Bertz CT molecular complexity index is 420. The van der Waals surface area contributed by atoms with Crippen molar-refractivity contribution in [3.63, 3.8) is 0 Å². The van der Waals surface area contributed by atoms with Gasteiger partial charge < -0.3 is 9.52 Å². The highest BCUT2D eigenvalue weighted by Gasteiger charge is 2.03. The molecule has 0 saturated heterocycles. The van der Waals surface area contributed by atoms with E-state index in [0.717, 1.165) is 5.56 Å². The fraction of sp³-hybridized carbons (Fsp3) is 0.100. The Hall–Kier alpha value is -1.77. The topological polar surface area (TPSA) is 46.3 Å². The molecule has 0 aliphatic rings. The minimum absolute atomic E-state index is 0.228. The molecule has 0 unspecified atom stereocenters. The van der Waals surface area contributed by atoms with E-state index in [1.807, 2.05) is 6.07 Å². The molecule has 0 amide bonds. The summed E-state index contributed by atoms with van der Waals surface area (Å²) in [7, 11) is 0. The molecule has 0 atom stereocenters. The Balaban J connectivity index is 2.46. The maximum atomic E-state index is 9.22. The molecule has 0 spiro atoms. The van der Waals surface area contributed by atoms with Gasteiger partial charge in [-0.05, 0) is 12.1 Å². The lowest BCUT2D eigenvalue weighted by atomic mass is 10.2. The number of aryl methyl sites for hydroxylation is 1. The first-order valence-corrected chi connectivity index (χ1v) is 3.97. The van der Waals surface area contributed by atoms with E-state index in [1.54, 1.807) is 31.3 Å². The fourth-order valence-electron chi connectivity index (χ4n) is 1.15. The van der Waals surface area contributed by atoms with E-state index in [1.165, 1.54) is 0 Å². The van der Waals surface area contributed by atoms with E-state index in [2.05, 4.69) is 4.98 Å². The Kier molecular flexibility index (Phi) is 1.77. The molecule has 3 heteroatoms. The van der Waals surface area contributed by atoms with Crippen LogP contribution in [0, 0.1) is 6.92 Å². The minimum atomic E-state index is 0.228. The number of rotatable bonds is 1. The number of aromatic nitrogens is 1. The van der Waals surface area contributed by atoms with Gasteiger partial charge in [-0.2, -0.15) is 0 Å². The molecular formula is C10H9NO2. The van der Waals surface area contributed by atoms with Gasteiger partial charge in [-0.15, -0.1) is 0 Å². The van der Waals surface area contributed by atoms with Crippen molar-refractivity contribution in [2.24, 2.45) is 0 Å². The summed E-state index contributed by atoms with van der Waals surface area (Å²) in [5.74, 6) is 1.53. The number of benzene rings is 1. The quantitative estimate of drug-likeness (QED) is 0.723. The van der Waals surface area contributed by atoms with Gasteiger partial charge in [0.25, 0.3) is 0 Å². The first kappa shape index (κ1) is 7.86. The van der Waals surface area contributed by atoms with Crippen LogP contribution in [0.2, 0.25) is 0 Å². The average Bonchev–Trinajstić information content (AvgIpc) is 2.52. The van der Waals surface area contributed by atoms with E-state index in [-0.39, 0.29) is 5.75 Å². The van der Waals surface area contributed by atoms with Crippen molar-refractivity contribution in [1.82, 2.24) is 4.98 Å². The van der Waals surface area contributed by atoms with Crippen LogP contribution in [-0.4, -0.2) is 10.1 Å². The second-order valence-electron chi connectivity index (χ2n) is 2.79. The molecule has 0 fully saturated rings. The van der Waals surface area contributed by atoms with Crippen molar-refractivity contribution in [3.05, 3.63) is 36.4 Å². The molecule has 1 aromatic heterocycles. The summed E-state index contributed by atoms with van der Waals surface area (Å²) in [5.41, 5.74) is 0.834. The highest BCUT2D eigenvalue weighted by molar-refractivity contribution is 5.58. The lowest BCUT2D eigenvalue weighted by Crippen LogP contribution is -1.72. The van der Waals surface area contributed by atoms with Gasteiger partial charge in [-0.25, -0.2) is 4.98 Å². The van der Waals surface area contributed by atoms with E-state index in [9.17, 15) is 5.11 Å². The largest absolute Gasteiger partial charge is 0.508 e. The number of phenolic OH excluding ortho intramolecular Hbond substituents is 1. The molecule has 1 N–H and O–H groups in total. The lowest BCUT2D eigenvalue weighted by molar-refractivity contribution is 0.475. The average molecular weight is 175 g/mol. The predicted molar refractivity (Wildman–Crippen MR) is 48.3 cm³/mol. The van der Waals surface area contributed by atoms with Crippen molar-refractivity contribution < 1.29 is 9.52 Å². The Morgan fingerprint density at radius 1 is 1.38 bits per heavy atom. The molecule has 3 nitrogen and oxygen atoms in total. The van der Waals surface area contributed by atoms with Crippen LogP contribution < -0.4 is 0 Å². The van der Waals surface area contributed by atoms with E-state index >= 15 is 0 Å². The van der Waals surface area contributed by atoms with Crippen LogP contribution in [0.25, 0.3) is 11.3 Å². The summed E-state index contributed by atoms with van der Waals surface area (Å²) in [6.07, 6.45) is 1.64. The highest BCUT2D eigenvalue weighted by Crippen LogP contribution is 2.23. The van der Waals surface area contributed by atoms with Gasteiger partial charge >= 0.3 is 0 Å². The zero-order valence-corrected chi connectivity index (χ0v) is 7.19. The number of nitrogens with zero attached hydrogens (tertiary/aromatic N) is 1. The summed E-state index contributed by atoms with van der Waals surface area (Å²) in [4.78, 5) is 3.97. The molecule has 2 rings (SSSR count). The van der Waals surface area contributed by atoms with Crippen LogP contribution in [0.3, 0.4) is 0 Å². The maximum absolute atomic E-state index is 9.22. The van der Waals surface area contributed by atoms with Gasteiger partial charge in [0.2, 0.25) is 0 Å². The number of hydrogen-bond donors (Lipinski definition) is 1. The zero-order valence-electron chi connectivity index (χ0n) is 7.19. The third-order valence-corrected chi connectivity index (χ3v) is 1.75. The highest BCUT2D eigenvalue weighted by atomic mass is 16.4. The molecule has 0 bridgehead atoms. The lowest BCUT2D eigenvalue weighted by Gasteiger charge is -1.95. The molecular weight excluding hydrogens is 166 g/mol. The van der Waals surface area contributed by atoms with E-state index < -0.39 is 0 Å². The molecule has 0 aliphatic carbocycles. The standard InChI is InChI=1S/C10H9NO2/c1-7-11-6-10(13-7)8-3-2-4-9(12)5-8/h2-6,12H,1H3. The molecule has 13 heavy (non-hydrogen) atoms. The minimum Gasteiger partial charge on any atom is -0.508 e. The molecule has 1 aromatic carbocycles. The summed E-state index contributed by atoms with van der Waals surface area (Å²) < 4.78 is 5.30. The summed E-state index contributed by atoms with van der Waals surface area (Å²) in [5, 5.41) is 9.22. The summed E-state index contributed by atoms with van der Waals surface area (Å²) >= 11 is 0. The van der Waals surface area contributed by atoms with Crippen molar-refractivity contribution in [2.75, 3.05) is 0 Å². The van der Waals surface area contributed by atoms with Crippen LogP contribution in [0.4, 0.5) is 0 Å². The number of oxazole rings is 1. The number of phenols is 1. The van der Waals surface area contributed by atoms with Crippen molar-refractivity contribution >= 4 is 0 Å². The van der Waals surface area contributed by atoms with Crippen molar-refractivity contribution in [1.29, 1.82) is 0 Å². The Morgan fingerprint density at radius 2 is 2.23 bits per heavy atom. The van der Waals surface area contributed by atoms with Gasteiger partial charge in [-0.3, -0.25) is 0 Å². The summed E-state index contributed by atoms with van der Waals surface area (Å²) in [6, 6.07) is 6.88. The van der Waals surface area contributed by atoms with Crippen molar-refractivity contribution in [3.8, 4) is 17.1 Å². The smallest absolute Gasteiger partial charge is 0.191 e. The van der Waals surface area contributed by atoms with E-state index in [0.29, 0.717) is 11.7 Å². The second kappa shape index (κ2) is 2.94. The zero-order chi connectivity index (χ0) is 9.26. The Labute approximate surface area is 75.7 Å². The molecule has 0 aliphatic heterocycles. The third kappa shape index (κ3) is 1.54. The number of aromatic hydroxyl groups is 1. The van der Waals surface area contributed by atoms with Gasteiger partial charge in [-0.1, -0.05) is 12.1 Å². The van der Waals surface area contributed by atoms with Crippen LogP contribution in [-0.2, 0) is 0 Å². The molecule has 2 aromatic rings. The Morgan fingerprint density at radius 3 is 2.85 bits per heavy atom. The first-order valence-electron chi connectivity index (χ1n) is 3.97. The van der Waals surface area contributed by atoms with Crippen molar-refractivity contribution in [2.45, 2.75) is 6.92 Å². The molecule has 1 heterocycles. The normalized spacial score (nSPS) is 10.2. The SMILES string of the molecule is Cc1ncc(-c2cccc(O)c2)o1. The fourth-order valence-corrected chi connectivity index (χ4v) is 1.15.